The molecule has 2 unspecified atom stereocenters. The molecular formula is C12H12ClFO. The molecule has 2 atom stereocenters. The SMILES string of the molecule is CC1(C)C(=O)C(Cl)C1c1ccc(F)cc1. The third-order valence-corrected chi connectivity index (χ3v) is 3.63. The van der Waals surface area contributed by atoms with Crippen molar-refractivity contribution in [2.24, 2.45) is 5.41 Å². The Bertz CT molecular complexity index is 397. The topological polar surface area (TPSA) is 17.1 Å². The molecule has 3 heteroatoms. The van der Waals surface area contributed by atoms with Crippen LogP contribution in [-0.2, 0) is 4.79 Å². The molecule has 0 spiro atoms. The first kappa shape index (κ1) is 10.6. The Hall–Kier alpha value is -0.890. The molecule has 0 saturated heterocycles. The van der Waals surface area contributed by atoms with Gasteiger partial charge >= 0.3 is 0 Å². The van der Waals surface area contributed by atoms with Crippen LogP contribution in [-0.4, -0.2) is 11.2 Å². The van der Waals surface area contributed by atoms with Crippen LogP contribution >= 0.6 is 11.6 Å². The van der Waals surface area contributed by atoms with Crippen LogP contribution in [0.25, 0.3) is 0 Å². The number of benzene rings is 1. The minimum atomic E-state index is -0.467. The fraction of sp³-hybridized carbons (Fsp3) is 0.417. The van der Waals surface area contributed by atoms with Gasteiger partial charge in [-0.3, -0.25) is 4.79 Å². The van der Waals surface area contributed by atoms with Gasteiger partial charge in [0, 0.05) is 11.3 Å². The van der Waals surface area contributed by atoms with Crippen molar-refractivity contribution in [1.82, 2.24) is 0 Å². The molecule has 0 amide bonds. The van der Waals surface area contributed by atoms with Crippen molar-refractivity contribution in [3.63, 3.8) is 0 Å². The van der Waals surface area contributed by atoms with E-state index in [0.717, 1.165) is 5.56 Å². The summed E-state index contributed by atoms with van der Waals surface area (Å²) in [7, 11) is 0. The van der Waals surface area contributed by atoms with Crippen molar-refractivity contribution >= 4 is 17.4 Å². The van der Waals surface area contributed by atoms with E-state index in [1.807, 2.05) is 13.8 Å². The summed E-state index contributed by atoms with van der Waals surface area (Å²) in [5.41, 5.74) is 0.505. The molecule has 1 aromatic carbocycles. The van der Waals surface area contributed by atoms with Crippen LogP contribution in [0.4, 0.5) is 4.39 Å². The Morgan fingerprint density at radius 1 is 1.27 bits per heavy atom. The number of alkyl halides is 1. The van der Waals surface area contributed by atoms with Crippen LogP contribution in [0.1, 0.15) is 25.3 Å². The number of rotatable bonds is 1. The standard InChI is InChI=1S/C12H12ClFO/c1-12(2)9(10(13)11(12)15)7-3-5-8(14)6-4-7/h3-6,9-10H,1-2H3. The summed E-state index contributed by atoms with van der Waals surface area (Å²) in [5, 5.41) is -0.467. The maximum atomic E-state index is 12.7. The largest absolute Gasteiger partial charge is 0.297 e. The third kappa shape index (κ3) is 1.48. The van der Waals surface area contributed by atoms with E-state index in [4.69, 9.17) is 11.6 Å². The average molecular weight is 227 g/mol. The molecule has 0 N–H and O–H groups in total. The summed E-state index contributed by atoms with van der Waals surface area (Å²) in [6.07, 6.45) is 0. The number of Topliss-reactive ketones (excluding diaryl/α,β-unsaturated/α-hetero) is 1. The Kier molecular flexibility index (Phi) is 2.34. The minimum Gasteiger partial charge on any atom is -0.297 e. The van der Waals surface area contributed by atoms with Crippen LogP contribution in [0.5, 0.6) is 0 Å². The van der Waals surface area contributed by atoms with E-state index in [-0.39, 0.29) is 17.5 Å². The van der Waals surface area contributed by atoms with Crippen molar-refractivity contribution in [2.75, 3.05) is 0 Å². The van der Waals surface area contributed by atoms with Gasteiger partial charge in [-0.2, -0.15) is 0 Å². The Morgan fingerprint density at radius 3 is 2.27 bits per heavy atom. The highest BCUT2D eigenvalue weighted by Crippen LogP contribution is 2.52. The van der Waals surface area contributed by atoms with Gasteiger partial charge in [-0.1, -0.05) is 26.0 Å². The molecule has 1 fully saturated rings. The van der Waals surface area contributed by atoms with Crippen LogP contribution in [0.15, 0.2) is 24.3 Å². The lowest BCUT2D eigenvalue weighted by molar-refractivity contribution is -0.137. The normalized spacial score (nSPS) is 28.7. The van der Waals surface area contributed by atoms with Gasteiger partial charge in [0.15, 0.2) is 5.78 Å². The monoisotopic (exact) mass is 226 g/mol. The number of carbonyl (C=O) groups is 1. The second kappa shape index (κ2) is 3.31. The lowest BCUT2D eigenvalue weighted by Crippen LogP contribution is -2.53. The molecule has 1 aliphatic rings. The molecule has 2 rings (SSSR count). The predicted molar refractivity (Wildman–Crippen MR) is 57.6 cm³/mol. The Labute approximate surface area is 93.2 Å². The van der Waals surface area contributed by atoms with E-state index >= 15 is 0 Å². The molecule has 0 radical (unpaired) electrons. The highest BCUT2D eigenvalue weighted by atomic mass is 35.5. The van der Waals surface area contributed by atoms with Gasteiger partial charge in [-0.05, 0) is 17.7 Å². The zero-order chi connectivity index (χ0) is 11.2. The minimum absolute atomic E-state index is 0.00716. The molecule has 0 aliphatic heterocycles. The van der Waals surface area contributed by atoms with E-state index in [0.29, 0.717) is 0 Å². The second-order valence-electron chi connectivity index (χ2n) is 4.52. The van der Waals surface area contributed by atoms with Crippen molar-refractivity contribution in [3.05, 3.63) is 35.6 Å². The summed E-state index contributed by atoms with van der Waals surface area (Å²) in [4.78, 5) is 11.5. The van der Waals surface area contributed by atoms with Crippen LogP contribution < -0.4 is 0 Å². The first-order chi connectivity index (χ1) is 6.94. The Morgan fingerprint density at radius 2 is 1.80 bits per heavy atom. The molecule has 0 heterocycles. The zero-order valence-corrected chi connectivity index (χ0v) is 9.38. The van der Waals surface area contributed by atoms with Gasteiger partial charge in [-0.15, -0.1) is 11.6 Å². The maximum Gasteiger partial charge on any atom is 0.157 e. The molecule has 15 heavy (non-hydrogen) atoms. The van der Waals surface area contributed by atoms with Gasteiger partial charge in [0.2, 0.25) is 0 Å². The molecular weight excluding hydrogens is 215 g/mol. The van der Waals surface area contributed by atoms with E-state index in [1.165, 1.54) is 12.1 Å². The number of ketones is 1. The smallest absolute Gasteiger partial charge is 0.157 e. The first-order valence-electron chi connectivity index (χ1n) is 4.88. The number of carbonyl (C=O) groups excluding carboxylic acids is 1. The molecule has 80 valence electrons. The molecule has 0 bridgehead atoms. The maximum absolute atomic E-state index is 12.7. The van der Waals surface area contributed by atoms with Crippen LogP contribution in [0, 0.1) is 11.2 Å². The summed E-state index contributed by atoms with van der Waals surface area (Å²) in [5.74, 6) is -0.209. The molecule has 0 aromatic heterocycles. The van der Waals surface area contributed by atoms with E-state index in [1.54, 1.807) is 12.1 Å². The third-order valence-electron chi connectivity index (χ3n) is 3.18. The van der Waals surface area contributed by atoms with Gasteiger partial charge in [0.1, 0.15) is 11.2 Å². The summed E-state index contributed by atoms with van der Waals surface area (Å²) < 4.78 is 12.7. The lowest BCUT2D eigenvalue weighted by atomic mass is 9.58. The molecule has 1 aromatic rings. The van der Waals surface area contributed by atoms with Gasteiger partial charge in [0.05, 0.1) is 0 Å². The fourth-order valence-corrected chi connectivity index (χ4v) is 2.93. The van der Waals surface area contributed by atoms with Crippen LogP contribution in [0.3, 0.4) is 0 Å². The van der Waals surface area contributed by atoms with Crippen molar-refractivity contribution in [1.29, 1.82) is 0 Å². The van der Waals surface area contributed by atoms with E-state index in [9.17, 15) is 9.18 Å². The summed E-state index contributed by atoms with van der Waals surface area (Å²) >= 11 is 5.98. The molecule has 1 nitrogen and oxygen atoms in total. The number of hydrogen-bond donors (Lipinski definition) is 0. The second-order valence-corrected chi connectivity index (χ2v) is 4.99. The summed E-state index contributed by atoms with van der Waals surface area (Å²) in [6.45, 7) is 3.75. The molecule has 1 saturated carbocycles. The Balaban J connectivity index is 2.33. The number of halogens is 2. The van der Waals surface area contributed by atoms with Gasteiger partial charge < -0.3 is 0 Å². The zero-order valence-electron chi connectivity index (χ0n) is 8.63. The van der Waals surface area contributed by atoms with Gasteiger partial charge in [0.25, 0.3) is 0 Å². The molecule has 1 aliphatic carbocycles. The summed E-state index contributed by atoms with van der Waals surface area (Å²) in [6, 6.07) is 6.20. The van der Waals surface area contributed by atoms with Crippen molar-refractivity contribution < 1.29 is 9.18 Å². The van der Waals surface area contributed by atoms with E-state index in [2.05, 4.69) is 0 Å². The first-order valence-corrected chi connectivity index (χ1v) is 5.32. The van der Waals surface area contributed by atoms with E-state index < -0.39 is 10.8 Å². The van der Waals surface area contributed by atoms with Crippen molar-refractivity contribution in [2.45, 2.75) is 25.1 Å². The fourth-order valence-electron chi connectivity index (χ4n) is 2.19. The highest BCUT2D eigenvalue weighted by Gasteiger charge is 2.55. The average Bonchev–Trinajstić information content (AvgIpc) is 2.20. The highest BCUT2D eigenvalue weighted by molar-refractivity contribution is 6.35. The van der Waals surface area contributed by atoms with Gasteiger partial charge in [-0.25, -0.2) is 4.39 Å². The predicted octanol–water partition coefficient (Wildman–Crippen LogP) is 3.13. The van der Waals surface area contributed by atoms with Crippen molar-refractivity contribution in [3.8, 4) is 0 Å². The quantitative estimate of drug-likeness (QED) is 0.673. The number of hydrogen-bond acceptors (Lipinski definition) is 1. The van der Waals surface area contributed by atoms with Crippen LogP contribution in [0.2, 0.25) is 0 Å². The lowest BCUT2D eigenvalue weighted by Gasteiger charge is -2.46.